The van der Waals surface area contributed by atoms with Crippen molar-refractivity contribution in [2.24, 2.45) is 5.92 Å². The van der Waals surface area contributed by atoms with Crippen LogP contribution in [0.5, 0.6) is 0 Å². The number of hydrogen-bond donors (Lipinski definition) is 0. The van der Waals surface area contributed by atoms with Crippen molar-refractivity contribution >= 4 is 0 Å². The quantitative estimate of drug-likeness (QED) is 0.534. The van der Waals surface area contributed by atoms with Crippen LogP contribution in [0.2, 0.25) is 0 Å². The predicted octanol–water partition coefficient (Wildman–Crippen LogP) is 3.70. The van der Waals surface area contributed by atoms with Crippen molar-refractivity contribution in [1.82, 2.24) is 0 Å². The van der Waals surface area contributed by atoms with E-state index in [0.717, 1.165) is 5.92 Å². The first-order valence-corrected chi connectivity index (χ1v) is 4.48. The minimum Gasteiger partial charge on any atom is -0.0958 e. The van der Waals surface area contributed by atoms with E-state index in [1.54, 1.807) is 5.57 Å². The van der Waals surface area contributed by atoms with Crippen LogP contribution in [0.3, 0.4) is 0 Å². The van der Waals surface area contributed by atoms with Gasteiger partial charge in [-0.25, -0.2) is 0 Å². The smallest absolute Gasteiger partial charge is 0.0228 e. The van der Waals surface area contributed by atoms with Crippen LogP contribution >= 0.6 is 0 Å². The molecule has 0 fully saturated rings. The summed E-state index contributed by atoms with van der Waals surface area (Å²) in [6.45, 7) is 10.7. The first-order valence-electron chi connectivity index (χ1n) is 4.48. The topological polar surface area (TPSA) is 0 Å². The summed E-state index contributed by atoms with van der Waals surface area (Å²) in [5, 5.41) is 0. The summed E-state index contributed by atoms with van der Waals surface area (Å²) in [4.78, 5) is 0. The van der Waals surface area contributed by atoms with Crippen molar-refractivity contribution in [3.63, 3.8) is 0 Å². The summed E-state index contributed by atoms with van der Waals surface area (Å²) in [7, 11) is 0. The molecular formula is C11H18. The molecule has 0 spiro atoms. The van der Waals surface area contributed by atoms with Gasteiger partial charge >= 0.3 is 0 Å². The van der Waals surface area contributed by atoms with Gasteiger partial charge in [0.1, 0.15) is 0 Å². The van der Waals surface area contributed by atoms with Gasteiger partial charge in [-0.05, 0) is 44.6 Å². The van der Waals surface area contributed by atoms with Crippen molar-refractivity contribution < 1.29 is 0 Å². The van der Waals surface area contributed by atoms with Gasteiger partial charge in [-0.2, -0.15) is 0 Å². The molecule has 0 radical (unpaired) electrons. The maximum atomic E-state index is 4.01. The molecule has 0 saturated carbocycles. The van der Waals surface area contributed by atoms with Crippen LogP contribution in [0, 0.1) is 5.92 Å². The van der Waals surface area contributed by atoms with Gasteiger partial charge in [0, 0.05) is 0 Å². The summed E-state index contributed by atoms with van der Waals surface area (Å²) in [5.41, 5.74) is 4.38. The summed E-state index contributed by atoms with van der Waals surface area (Å²) in [6, 6.07) is 0. The van der Waals surface area contributed by atoms with Gasteiger partial charge in [-0.15, -0.1) is 0 Å². The third kappa shape index (κ3) is 1.74. The molecule has 0 aromatic carbocycles. The van der Waals surface area contributed by atoms with Crippen LogP contribution in [-0.4, -0.2) is 0 Å². The lowest BCUT2D eigenvalue weighted by molar-refractivity contribution is 0.538. The highest BCUT2D eigenvalue weighted by Crippen LogP contribution is 2.32. The number of allylic oxidation sites excluding steroid dienone is 3. The van der Waals surface area contributed by atoms with Gasteiger partial charge in [0.25, 0.3) is 0 Å². The van der Waals surface area contributed by atoms with Gasteiger partial charge in [0.2, 0.25) is 0 Å². The zero-order valence-electron chi connectivity index (χ0n) is 7.91. The Bertz CT molecular complexity index is 196. The Balaban J connectivity index is 2.89. The molecule has 1 aliphatic carbocycles. The van der Waals surface area contributed by atoms with E-state index in [9.17, 15) is 0 Å². The summed E-state index contributed by atoms with van der Waals surface area (Å²) in [6.07, 6.45) is 3.97. The van der Waals surface area contributed by atoms with Crippen molar-refractivity contribution in [2.75, 3.05) is 0 Å². The molecule has 0 bridgehead atoms. The summed E-state index contributed by atoms with van der Waals surface area (Å²) < 4.78 is 0. The van der Waals surface area contributed by atoms with Crippen molar-refractivity contribution in [3.05, 3.63) is 23.3 Å². The Morgan fingerprint density at radius 1 is 1.55 bits per heavy atom. The largest absolute Gasteiger partial charge is 0.0958 e. The average molecular weight is 150 g/mol. The van der Waals surface area contributed by atoms with Crippen LogP contribution < -0.4 is 0 Å². The van der Waals surface area contributed by atoms with Crippen LogP contribution in [0.25, 0.3) is 0 Å². The molecule has 62 valence electrons. The number of hydrogen-bond acceptors (Lipinski definition) is 0. The van der Waals surface area contributed by atoms with E-state index in [4.69, 9.17) is 0 Å². The number of rotatable bonds is 1. The molecular weight excluding hydrogens is 132 g/mol. The minimum atomic E-state index is 0.787. The van der Waals surface area contributed by atoms with Gasteiger partial charge in [0.15, 0.2) is 0 Å². The molecule has 11 heavy (non-hydrogen) atoms. The van der Waals surface area contributed by atoms with E-state index in [1.165, 1.54) is 30.4 Å². The molecule has 1 aliphatic rings. The second-order valence-electron chi connectivity index (χ2n) is 3.74. The lowest BCUT2D eigenvalue weighted by Gasteiger charge is -2.23. The van der Waals surface area contributed by atoms with Gasteiger partial charge in [-0.3, -0.25) is 0 Å². The maximum Gasteiger partial charge on any atom is -0.0228 e. The van der Waals surface area contributed by atoms with Crippen LogP contribution in [0.15, 0.2) is 23.3 Å². The molecule has 0 unspecified atom stereocenters. The van der Waals surface area contributed by atoms with E-state index < -0.39 is 0 Å². The lowest BCUT2D eigenvalue weighted by atomic mass is 9.82. The maximum absolute atomic E-state index is 4.01. The minimum absolute atomic E-state index is 0.787. The van der Waals surface area contributed by atoms with Crippen molar-refractivity contribution in [1.29, 1.82) is 0 Å². The zero-order valence-corrected chi connectivity index (χ0v) is 7.91. The third-order valence-corrected chi connectivity index (χ3v) is 2.79. The average Bonchev–Trinajstić information content (AvgIpc) is 1.94. The highest BCUT2D eigenvalue weighted by atomic mass is 14.2. The van der Waals surface area contributed by atoms with Crippen LogP contribution in [0.4, 0.5) is 0 Å². The summed E-state index contributed by atoms with van der Waals surface area (Å²) in [5.74, 6) is 0.787. The standard InChI is InChI=1S/C11H18/c1-8(2)11-7-5-6-9(3)10(11)4/h9H,1,5-7H2,2-4H3/t9-/m0/s1. The fourth-order valence-electron chi connectivity index (χ4n) is 1.85. The molecule has 0 aromatic heterocycles. The molecule has 1 rings (SSSR count). The monoisotopic (exact) mass is 150 g/mol. The van der Waals surface area contributed by atoms with Gasteiger partial charge in [-0.1, -0.05) is 24.6 Å². The second-order valence-corrected chi connectivity index (χ2v) is 3.74. The Morgan fingerprint density at radius 2 is 2.18 bits per heavy atom. The fourth-order valence-corrected chi connectivity index (χ4v) is 1.85. The Hall–Kier alpha value is -0.520. The molecule has 0 heteroatoms. The fraction of sp³-hybridized carbons (Fsp3) is 0.636. The van der Waals surface area contributed by atoms with Gasteiger partial charge in [0.05, 0.1) is 0 Å². The van der Waals surface area contributed by atoms with Crippen LogP contribution in [0.1, 0.15) is 40.0 Å². The molecule has 0 aromatic rings. The van der Waals surface area contributed by atoms with E-state index >= 15 is 0 Å². The van der Waals surface area contributed by atoms with Crippen molar-refractivity contribution in [3.8, 4) is 0 Å². The molecule has 0 aliphatic heterocycles. The molecule has 0 amide bonds. The molecule has 0 N–H and O–H groups in total. The first kappa shape index (κ1) is 8.58. The molecule has 1 atom stereocenters. The third-order valence-electron chi connectivity index (χ3n) is 2.79. The van der Waals surface area contributed by atoms with E-state index in [0.29, 0.717) is 0 Å². The summed E-state index contributed by atoms with van der Waals surface area (Å²) >= 11 is 0. The predicted molar refractivity (Wildman–Crippen MR) is 50.5 cm³/mol. The van der Waals surface area contributed by atoms with E-state index in [1.807, 2.05) is 0 Å². The van der Waals surface area contributed by atoms with Crippen molar-refractivity contribution in [2.45, 2.75) is 40.0 Å². The molecule has 0 heterocycles. The zero-order chi connectivity index (χ0) is 8.43. The Labute approximate surface area is 70.0 Å². The normalized spacial score (nSPS) is 25.5. The SMILES string of the molecule is C=C(C)C1=C(C)[C@@H](C)CCC1. The van der Waals surface area contributed by atoms with Gasteiger partial charge < -0.3 is 0 Å². The molecule has 0 saturated heterocycles. The molecule has 0 nitrogen and oxygen atoms in total. The van der Waals surface area contributed by atoms with E-state index in [-0.39, 0.29) is 0 Å². The second kappa shape index (κ2) is 3.25. The highest BCUT2D eigenvalue weighted by Gasteiger charge is 2.15. The lowest BCUT2D eigenvalue weighted by Crippen LogP contribution is -2.07. The highest BCUT2D eigenvalue weighted by molar-refractivity contribution is 5.33. The Morgan fingerprint density at radius 3 is 2.64 bits per heavy atom. The first-order chi connectivity index (χ1) is 5.13. The van der Waals surface area contributed by atoms with E-state index in [2.05, 4.69) is 27.4 Å². The Kier molecular flexibility index (Phi) is 2.53. The van der Waals surface area contributed by atoms with Crippen LogP contribution in [-0.2, 0) is 0 Å².